The molecule has 1 N–H and O–H groups in total. The van der Waals surface area contributed by atoms with Crippen molar-refractivity contribution in [2.45, 2.75) is 18.8 Å². The summed E-state index contributed by atoms with van der Waals surface area (Å²) in [5.41, 5.74) is 1.25. The Kier molecular flexibility index (Phi) is 6.88. The monoisotopic (exact) mass is 338 g/mol. The molecule has 1 aromatic rings. The van der Waals surface area contributed by atoms with E-state index in [9.17, 15) is 4.79 Å². The zero-order valence-corrected chi connectivity index (χ0v) is 14.6. The molecular weight excluding hydrogens is 312 g/mol. The highest BCUT2D eigenvalue weighted by Gasteiger charge is 2.39. The Morgan fingerprint density at radius 3 is 2.74 bits per heavy atom. The van der Waals surface area contributed by atoms with E-state index in [0.29, 0.717) is 5.92 Å². The van der Waals surface area contributed by atoms with Crippen molar-refractivity contribution in [1.82, 2.24) is 10.2 Å². The van der Waals surface area contributed by atoms with E-state index in [4.69, 9.17) is 4.74 Å². The van der Waals surface area contributed by atoms with Crippen LogP contribution in [0.4, 0.5) is 0 Å². The molecule has 3 atom stereocenters. The number of esters is 1. The number of benzene rings is 1. The first-order valence-corrected chi connectivity index (χ1v) is 8.33. The second-order valence-corrected chi connectivity index (χ2v) is 6.58. The SMILES string of the molecule is COC(=O)[C@@H]1CN(CC2CCCNC2)C[C@H]1c1ccccc1.Cl. The second-order valence-electron chi connectivity index (χ2n) is 6.58. The van der Waals surface area contributed by atoms with Crippen LogP contribution in [-0.2, 0) is 9.53 Å². The smallest absolute Gasteiger partial charge is 0.310 e. The van der Waals surface area contributed by atoms with Crippen LogP contribution >= 0.6 is 12.4 Å². The minimum atomic E-state index is -0.0712. The molecule has 0 radical (unpaired) electrons. The average molecular weight is 339 g/mol. The van der Waals surface area contributed by atoms with E-state index >= 15 is 0 Å². The fourth-order valence-corrected chi connectivity index (χ4v) is 3.91. The number of ether oxygens (including phenoxy) is 1. The summed E-state index contributed by atoms with van der Waals surface area (Å²) in [6.45, 7) is 5.12. The van der Waals surface area contributed by atoms with Crippen LogP contribution in [0.3, 0.4) is 0 Å². The van der Waals surface area contributed by atoms with E-state index < -0.39 is 0 Å². The molecule has 5 heteroatoms. The van der Waals surface area contributed by atoms with Crippen molar-refractivity contribution >= 4 is 18.4 Å². The van der Waals surface area contributed by atoms with E-state index in [1.165, 1.54) is 25.5 Å². The maximum absolute atomic E-state index is 12.2. The molecule has 0 saturated carbocycles. The molecule has 23 heavy (non-hydrogen) atoms. The van der Waals surface area contributed by atoms with Crippen molar-refractivity contribution in [3.8, 4) is 0 Å². The van der Waals surface area contributed by atoms with Gasteiger partial charge in [-0.1, -0.05) is 30.3 Å². The van der Waals surface area contributed by atoms with Crippen molar-refractivity contribution < 1.29 is 9.53 Å². The molecule has 3 rings (SSSR count). The number of methoxy groups -OCH3 is 1. The van der Waals surface area contributed by atoms with E-state index in [1.54, 1.807) is 0 Å². The van der Waals surface area contributed by atoms with E-state index in [0.717, 1.165) is 32.7 Å². The number of rotatable bonds is 4. The summed E-state index contributed by atoms with van der Waals surface area (Å²) in [4.78, 5) is 14.6. The van der Waals surface area contributed by atoms with Gasteiger partial charge in [-0.3, -0.25) is 4.79 Å². The Bertz CT molecular complexity index is 491. The van der Waals surface area contributed by atoms with Gasteiger partial charge in [0.1, 0.15) is 0 Å². The van der Waals surface area contributed by atoms with Crippen LogP contribution in [0.1, 0.15) is 24.3 Å². The number of carbonyl (C=O) groups is 1. The molecule has 128 valence electrons. The lowest BCUT2D eigenvalue weighted by atomic mass is 9.89. The summed E-state index contributed by atoms with van der Waals surface area (Å²) < 4.78 is 5.05. The predicted octanol–water partition coefficient (Wildman–Crippen LogP) is 2.30. The maximum atomic E-state index is 12.2. The fourth-order valence-electron chi connectivity index (χ4n) is 3.91. The third kappa shape index (κ3) is 4.46. The van der Waals surface area contributed by atoms with Gasteiger partial charge in [0.2, 0.25) is 0 Å². The van der Waals surface area contributed by atoms with Crippen molar-refractivity contribution in [3.63, 3.8) is 0 Å². The quantitative estimate of drug-likeness (QED) is 0.855. The minimum Gasteiger partial charge on any atom is -0.469 e. The Labute approximate surface area is 145 Å². The molecular formula is C18H27ClN2O2. The number of hydrogen-bond donors (Lipinski definition) is 1. The number of carbonyl (C=O) groups excluding carboxylic acids is 1. The van der Waals surface area contributed by atoms with Crippen LogP contribution in [0.15, 0.2) is 30.3 Å². The summed E-state index contributed by atoms with van der Waals surface area (Å²) in [6, 6.07) is 10.4. The van der Waals surface area contributed by atoms with Gasteiger partial charge in [-0.25, -0.2) is 0 Å². The van der Waals surface area contributed by atoms with Crippen molar-refractivity contribution in [1.29, 1.82) is 0 Å². The van der Waals surface area contributed by atoms with Gasteiger partial charge >= 0.3 is 5.97 Å². The molecule has 0 bridgehead atoms. The van der Waals surface area contributed by atoms with Gasteiger partial charge in [0.05, 0.1) is 13.0 Å². The molecule has 1 aromatic carbocycles. The van der Waals surface area contributed by atoms with Gasteiger partial charge in [-0.2, -0.15) is 0 Å². The highest BCUT2D eigenvalue weighted by molar-refractivity contribution is 5.85. The van der Waals surface area contributed by atoms with Crippen LogP contribution < -0.4 is 5.32 Å². The van der Waals surface area contributed by atoms with Crippen LogP contribution in [0, 0.1) is 11.8 Å². The number of nitrogens with zero attached hydrogens (tertiary/aromatic N) is 1. The molecule has 2 saturated heterocycles. The average Bonchev–Trinajstić information content (AvgIpc) is 3.00. The molecule has 2 aliphatic heterocycles. The lowest BCUT2D eigenvalue weighted by molar-refractivity contribution is -0.145. The van der Waals surface area contributed by atoms with Gasteiger partial charge in [0.25, 0.3) is 0 Å². The van der Waals surface area contributed by atoms with Crippen LogP contribution in [0.5, 0.6) is 0 Å². The number of halogens is 1. The van der Waals surface area contributed by atoms with Gasteiger partial charge in [0, 0.05) is 25.6 Å². The van der Waals surface area contributed by atoms with Gasteiger partial charge in [-0.15, -0.1) is 12.4 Å². The summed E-state index contributed by atoms with van der Waals surface area (Å²) in [5.74, 6) is 0.855. The molecule has 0 aromatic heterocycles. The first-order valence-electron chi connectivity index (χ1n) is 8.33. The Balaban J connectivity index is 0.00000192. The third-order valence-corrected chi connectivity index (χ3v) is 5.04. The topological polar surface area (TPSA) is 41.6 Å². The normalized spacial score (nSPS) is 28.1. The fraction of sp³-hybridized carbons (Fsp3) is 0.611. The summed E-state index contributed by atoms with van der Waals surface area (Å²) in [6.07, 6.45) is 2.56. The van der Waals surface area contributed by atoms with Crippen LogP contribution in [-0.4, -0.2) is 50.7 Å². The second kappa shape index (κ2) is 8.67. The summed E-state index contributed by atoms with van der Waals surface area (Å²) in [7, 11) is 1.50. The zero-order valence-electron chi connectivity index (χ0n) is 13.7. The standard InChI is InChI=1S/C18H26N2O2.ClH/c1-22-18(21)17-13-20(11-14-6-5-9-19-10-14)12-16(17)15-7-3-2-4-8-15;/h2-4,7-8,14,16-17,19H,5-6,9-13H2,1H3;1H/t14?,16-,17+;/m0./s1. The molecule has 1 unspecified atom stereocenters. The Morgan fingerprint density at radius 1 is 1.30 bits per heavy atom. The van der Waals surface area contributed by atoms with Crippen molar-refractivity contribution in [2.24, 2.45) is 11.8 Å². The number of piperidine rings is 1. The summed E-state index contributed by atoms with van der Waals surface area (Å²) in [5, 5.41) is 3.48. The molecule has 0 aliphatic carbocycles. The van der Waals surface area contributed by atoms with Gasteiger partial charge in [-0.05, 0) is 37.4 Å². The van der Waals surface area contributed by atoms with E-state index in [2.05, 4.69) is 34.5 Å². The lowest BCUT2D eigenvalue weighted by Crippen LogP contribution is -2.37. The molecule has 2 aliphatic rings. The first kappa shape index (κ1) is 18.2. The van der Waals surface area contributed by atoms with Gasteiger partial charge < -0.3 is 15.0 Å². The zero-order chi connectivity index (χ0) is 15.4. The Hall–Kier alpha value is -1.10. The minimum absolute atomic E-state index is 0. The highest BCUT2D eigenvalue weighted by Crippen LogP contribution is 2.34. The molecule has 2 heterocycles. The lowest BCUT2D eigenvalue weighted by Gasteiger charge is -2.27. The molecule has 0 spiro atoms. The van der Waals surface area contributed by atoms with Crippen LogP contribution in [0.25, 0.3) is 0 Å². The maximum Gasteiger partial charge on any atom is 0.310 e. The first-order chi connectivity index (χ1) is 10.8. The van der Waals surface area contributed by atoms with Crippen LogP contribution in [0.2, 0.25) is 0 Å². The largest absolute Gasteiger partial charge is 0.469 e. The molecule has 2 fully saturated rings. The highest BCUT2D eigenvalue weighted by atomic mass is 35.5. The van der Waals surface area contributed by atoms with Gasteiger partial charge in [0.15, 0.2) is 0 Å². The number of hydrogen-bond acceptors (Lipinski definition) is 4. The molecule has 4 nitrogen and oxygen atoms in total. The predicted molar refractivity (Wildman–Crippen MR) is 94.0 cm³/mol. The number of likely N-dealkylation sites (tertiary alicyclic amines) is 1. The Morgan fingerprint density at radius 2 is 2.09 bits per heavy atom. The van der Waals surface area contributed by atoms with E-state index in [1.807, 2.05) is 6.07 Å². The van der Waals surface area contributed by atoms with Crippen molar-refractivity contribution in [2.75, 3.05) is 39.8 Å². The van der Waals surface area contributed by atoms with E-state index in [-0.39, 0.29) is 30.2 Å². The van der Waals surface area contributed by atoms with Crippen molar-refractivity contribution in [3.05, 3.63) is 35.9 Å². The summed E-state index contributed by atoms with van der Waals surface area (Å²) >= 11 is 0. The molecule has 0 amide bonds. The third-order valence-electron chi connectivity index (χ3n) is 5.04. The number of nitrogens with one attached hydrogen (secondary N) is 1.